The molecule has 0 heterocycles. The van der Waals surface area contributed by atoms with E-state index in [2.05, 4.69) is 11.9 Å². The normalized spacial score (nSPS) is 9.59. The summed E-state index contributed by atoms with van der Waals surface area (Å²) in [6.07, 6.45) is 10.3. The van der Waals surface area contributed by atoms with E-state index in [1.807, 2.05) is 13.8 Å². The Morgan fingerprint density at radius 3 is 1.68 bits per heavy atom. The molecule has 0 saturated heterocycles. The van der Waals surface area contributed by atoms with Crippen LogP contribution in [0.5, 0.6) is 0 Å². The van der Waals surface area contributed by atoms with Crippen LogP contribution in [-0.4, -0.2) is 23.5 Å². The highest BCUT2D eigenvalue weighted by Crippen LogP contribution is 2.10. The summed E-state index contributed by atoms with van der Waals surface area (Å²) < 4.78 is 0. The fourth-order valence-corrected chi connectivity index (χ4v) is 1.99. The third-order valence-electron chi connectivity index (χ3n) is 3.24. The maximum Gasteiger partial charge on any atom is 0.303 e. The van der Waals surface area contributed by atoms with Crippen molar-refractivity contribution in [1.82, 2.24) is 5.32 Å². The monoisotopic (exact) mass is 313 g/mol. The van der Waals surface area contributed by atoms with E-state index in [9.17, 15) is 9.59 Å². The van der Waals surface area contributed by atoms with Crippen LogP contribution in [0.1, 0.15) is 85.0 Å². The molecular formula is C18H35NO3. The molecule has 0 aliphatic heterocycles. The van der Waals surface area contributed by atoms with Crippen molar-refractivity contribution < 1.29 is 14.7 Å². The van der Waals surface area contributed by atoms with Gasteiger partial charge in [0.2, 0.25) is 5.91 Å². The highest BCUT2D eigenvalue weighted by Gasteiger charge is 1.99. The summed E-state index contributed by atoms with van der Waals surface area (Å²) in [6, 6.07) is 0. The second kappa shape index (κ2) is 17.7. The number of carboxylic acids is 1. The van der Waals surface area contributed by atoms with E-state index in [4.69, 9.17) is 5.11 Å². The summed E-state index contributed by atoms with van der Waals surface area (Å²) in [7, 11) is 0. The molecule has 0 aliphatic rings. The molecular weight excluding hydrogens is 278 g/mol. The van der Waals surface area contributed by atoms with Crippen molar-refractivity contribution in [3.63, 3.8) is 0 Å². The lowest BCUT2D eigenvalue weighted by molar-refractivity contribution is -0.137. The van der Waals surface area contributed by atoms with E-state index in [1.54, 1.807) is 6.92 Å². The Morgan fingerprint density at radius 1 is 0.864 bits per heavy atom. The number of carbonyl (C=O) groups is 2. The molecule has 0 saturated carbocycles. The SMILES string of the molecule is C=C(C)C(=O)NCCCCCCCCCCCC(=O)O.CC. The Labute approximate surface area is 136 Å². The highest BCUT2D eigenvalue weighted by atomic mass is 16.4. The number of unbranched alkanes of at least 4 members (excludes halogenated alkanes) is 8. The lowest BCUT2D eigenvalue weighted by atomic mass is 10.1. The summed E-state index contributed by atoms with van der Waals surface area (Å²) in [5, 5.41) is 11.3. The zero-order chi connectivity index (χ0) is 17.2. The van der Waals surface area contributed by atoms with Gasteiger partial charge in [-0.1, -0.05) is 65.4 Å². The van der Waals surface area contributed by atoms with Crippen LogP contribution >= 0.6 is 0 Å². The summed E-state index contributed by atoms with van der Waals surface area (Å²) in [5.74, 6) is -0.741. The number of aliphatic carboxylic acids is 1. The third-order valence-corrected chi connectivity index (χ3v) is 3.24. The Bertz CT molecular complexity index is 301. The van der Waals surface area contributed by atoms with Gasteiger partial charge in [0.1, 0.15) is 0 Å². The van der Waals surface area contributed by atoms with Gasteiger partial charge in [-0.25, -0.2) is 0 Å². The topological polar surface area (TPSA) is 66.4 Å². The molecule has 0 aromatic rings. The molecule has 0 spiro atoms. The second-order valence-electron chi connectivity index (χ2n) is 5.36. The predicted molar refractivity (Wildman–Crippen MR) is 93.0 cm³/mol. The van der Waals surface area contributed by atoms with E-state index in [0.717, 1.165) is 38.6 Å². The van der Waals surface area contributed by atoms with E-state index in [1.165, 1.54) is 25.7 Å². The van der Waals surface area contributed by atoms with E-state index in [0.29, 0.717) is 12.0 Å². The van der Waals surface area contributed by atoms with Crippen LogP contribution in [-0.2, 0) is 9.59 Å². The predicted octanol–water partition coefficient (Wildman–Crippen LogP) is 4.69. The van der Waals surface area contributed by atoms with Crippen molar-refractivity contribution in [2.45, 2.75) is 85.0 Å². The minimum Gasteiger partial charge on any atom is -0.481 e. The third kappa shape index (κ3) is 18.7. The first-order chi connectivity index (χ1) is 10.5. The maximum atomic E-state index is 11.2. The molecule has 0 bridgehead atoms. The van der Waals surface area contributed by atoms with E-state index in [-0.39, 0.29) is 5.91 Å². The van der Waals surface area contributed by atoms with Crippen LogP contribution in [0.2, 0.25) is 0 Å². The molecule has 22 heavy (non-hydrogen) atoms. The molecule has 0 unspecified atom stereocenters. The first-order valence-electron chi connectivity index (χ1n) is 8.69. The number of carbonyl (C=O) groups excluding carboxylic acids is 1. The van der Waals surface area contributed by atoms with Crippen molar-refractivity contribution in [3.8, 4) is 0 Å². The van der Waals surface area contributed by atoms with Gasteiger partial charge in [0.25, 0.3) is 0 Å². The van der Waals surface area contributed by atoms with E-state index >= 15 is 0 Å². The number of rotatable bonds is 13. The number of carboxylic acid groups (broad SMARTS) is 1. The molecule has 0 aromatic heterocycles. The van der Waals surface area contributed by atoms with Gasteiger partial charge in [0.05, 0.1) is 0 Å². The minimum absolute atomic E-state index is 0.0497. The van der Waals surface area contributed by atoms with Crippen LogP contribution in [0.15, 0.2) is 12.2 Å². The van der Waals surface area contributed by atoms with Crippen molar-refractivity contribution in [2.24, 2.45) is 0 Å². The summed E-state index contributed by atoms with van der Waals surface area (Å²) in [6.45, 7) is 10.0. The average molecular weight is 313 g/mol. The smallest absolute Gasteiger partial charge is 0.303 e. The summed E-state index contributed by atoms with van der Waals surface area (Å²) in [4.78, 5) is 21.5. The number of hydrogen-bond donors (Lipinski definition) is 2. The van der Waals surface area contributed by atoms with Gasteiger partial charge in [-0.3, -0.25) is 9.59 Å². The molecule has 0 radical (unpaired) electrons. The highest BCUT2D eigenvalue weighted by molar-refractivity contribution is 5.91. The largest absolute Gasteiger partial charge is 0.481 e. The van der Waals surface area contributed by atoms with Crippen molar-refractivity contribution in [3.05, 3.63) is 12.2 Å². The maximum absolute atomic E-state index is 11.2. The van der Waals surface area contributed by atoms with Crippen LogP contribution in [0.4, 0.5) is 0 Å². The summed E-state index contributed by atoms with van der Waals surface area (Å²) >= 11 is 0. The molecule has 0 rings (SSSR count). The fourth-order valence-electron chi connectivity index (χ4n) is 1.99. The number of nitrogens with one attached hydrogen (secondary N) is 1. The van der Waals surface area contributed by atoms with E-state index < -0.39 is 5.97 Å². The van der Waals surface area contributed by atoms with Gasteiger partial charge in [-0.05, 0) is 19.8 Å². The Hall–Kier alpha value is -1.32. The average Bonchev–Trinajstić information content (AvgIpc) is 2.49. The molecule has 1 amide bonds. The molecule has 0 aliphatic carbocycles. The molecule has 0 atom stereocenters. The van der Waals surface area contributed by atoms with Gasteiger partial charge < -0.3 is 10.4 Å². The van der Waals surface area contributed by atoms with Crippen LogP contribution in [0.25, 0.3) is 0 Å². The zero-order valence-electron chi connectivity index (χ0n) is 14.7. The summed E-state index contributed by atoms with van der Waals surface area (Å²) in [5.41, 5.74) is 0.563. The minimum atomic E-state index is -0.691. The van der Waals surface area contributed by atoms with Gasteiger partial charge in [0, 0.05) is 18.5 Å². The van der Waals surface area contributed by atoms with Crippen molar-refractivity contribution in [2.75, 3.05) is 6.54 Å². The lowest BCUT2D eigenvalue weighted by Gasteiger charge is -2.04. The first kappa shape index (κ1) is 23.0. The van der Waals surface area contributed by atoms with Gasteiger partial charge in [-0.15, -0.1) is 0 Å². The van der Waals surface area contributed by atoms with Gasteiger partial charge in [-0.2, -0.15) is 0 Å². The standard InChI is InChI=1S/C16H29NO3.C2H6/c1-14(2)16(20)17-13-11-9-7-5-3-4-6-8-10-12-15(18)19;1-2/h1,3-13H2,2H3,(H,17,20)(H,18,19);1-2H3. The fraction of sp³-hybridized carbons (Fsp3) is 0.778. The van der Waals surface area contributed by atoms with Crippen LogP contribution < -0.4 is 5.32 Å². The molecule has 0 aromatic carbocycles. The molecule has 4 heteroatoms. The van der Waals surface area contributed by atoms with Gasteiger partial charge in [0.15, 0.2) is 0 Å². The Morgan fingerprint density at radius 2 is 1.27 bits per heavy atom. The molecule has 0 fully saturated rings. The van der Waals surface area contributed by atoms with Crippen LogP contribution in [0.3, 0.4) is 0 Å². The molecule has 4 nitrogen and oxygen atoms in total. The Balaban J connectivity index is 0. The lowest BCUT2D eigenvalue weighted by Crippen LogP contribution is -2.24. The quantitative estimate of drug-likeness (QED) is 0.383. The van der Waals surface area contributed by atoms with Crippen LogP contribution in [0, 0.1) is 0 Å². The zero-order valence-corrected chi connectivity index (χ0v) is 14.7. The van der Waals surface area contributed by atoms with Crippen molar-refractivity contribution in [1.29, 1.82) is 0 Å². The van der Waals surface area contributed by atoms with Crippen molar-refractivity contribution >= 4 is 11.9 Å². The number of hydrogen-bond acceptors (Lipinski definition) is 2. The number of amides is 1. The molecule has 130 valence electrons. The molecule has 2 N–H and O–H groups in total. The first-order valence-corrected chi connectivity index (χ1v) is 8.69. The second-order valence-corrected chi connectivity index (χ2v) is 5.36. The van der Waals surface area contributed by atoms with Gasteiger partial charge >= 0.3 is 5.97 Å². The Kier molecular flexibility index (Phi) is 18.5.